The Morgan fingerprint density at radius 3 is 2.61 bits per heavy atom. The van der Waals surface area contributed by atoms with Crippen LogP contribution in [-0.4, -0.2) is 62.8 Å². The van der Waals surface area contributed by atoms with Crippen molar-refractivity contribution in [1.82, 2.24) is 9.88 Å². The van der Waals surface area contributed by atoms with Gasteiger partial charge in [-0.05, 0) is 61.7 Å². The Balaban J connectivity index is 1.15. The molecule has 0 bridgehead atoms. The number of aryl methyl sites for hydroxylation is 1. The van der Waals surface area contributed by atoms with E-state index in [0.717, 1.165) is 74.0 Å². The third kappa shape index (κ3) is 4.95. The van der Waals surface area contributed by atoms with Crippen molar-refractivity contribution in [2.75, 3.05) is 51.8 Å². The van der Waals surface area contributed by atoms with Gasteiger partial charge in [0.2, 0.25) is 0 Å². The highest BCUT2D eigenvalue weighted by Crippen LogP contribution is 2.29. The summed E-state index contributed by atoms with van der Waals surface area (Å²) >= 11 is 0. The molecule has 0 atom stereocenters. The lowest BCUT2D eigenvalue weighted by molar-refractivity contribution is 0.0601. The number of esters is 1. The van der Waals surface area contributed by atoms with Gasteiger partial charge in [0.15, 0.2) is 0 Å². The number of unbranched alkanes of at least 4 members (excludes halogenated alkanes) is 1. The molecule has 0 spiro atoms. The third-order valence-corrected chi connectivity index (χ3v) is 7.00. The predicted molar refractivity (Wildman–Crippen MR) is 140 cm³/mol. The molecule has 0 unspecified atom stereocenters. The molecule has 2 aromatic carbocycles. The number of fused-ring (bicyclic) bond motifs is 2. The summed E-state index contributed by atoms with van der Waals surface area (Å²) in [6.45, 7) is 4.67. The largest absolute Gasteiger partial charge is 0.497 e. The number of aromatic nitrogens is 1. The van der Waals surface area contributed by atoms with Gasteiger partial charge in [-0.25, -0.2) is 9.59 Å². The molecule has 2 aromatic heterocycles. The second kappa shape index (κ2) is 10.5. The first-order valence-corrected chi connectivity index (χ1v) is 12.3. The second-order valence-electron chi connectivity index (χ2n) is 9.16. The zero-order valence-corrected chi connectivity index (χ0v) is 20.7. The topological polar surface area (TPSA) is 88.0 Å². The zero-order chi connectivity index (χ0) is 25.1. The summed E-state index contributed by atoms with van der Waals surface area (Å²) in [5.41, 5.74) is 3.97. The zero-order valence-electron chi connectivity index (χ0n) is 20.7. The van der Waals surface area contributed by atoms with Gasteiger partial charge in [-0.2, -0.15) is 0 Å². The Bertz CT molecular complexity index is 1430. The summed E-state index contributed by atoms with van der Waals surface area (Å²) in [4.78, 5) is 32.1. The van der Waals surface area contributed by atoms with Crippen molar-refractivity contribution < 1.29 is 18.7 Å². The minimum atomic E-state index is -0.343. The number of hydrogen-bond acceptors (Lipinski definition) is 7. The first-order chi connectivity index (χ1) is 17.6. The molecule has 0 radical (unpaired) electrons. The molecule has 4 aromatic rings. The minimum Gasteiger partial charge on any atom is -0.497 e. The number of ether oxygens (including phenoxy) is 2. The van der Waals surface area contributed by atoms with E-state index in [1.807, 2.05) is 30.5 Å². The van der Waals surface area contributed by atoms with E-state index >= 15 is 0 Å². The van der Waals surface area contributed by atoms with Crippen LogP contribution in [0.15, 0.2) is 57.9 Å². The summed E-state index contributed by atoms with van der Waals surface area (Å²) in [5, 5.41) is 2.02. The summed E-state index contributed by atoms with van der Waals surface area (Å²) in [6.07, 6.45) is 5.17. The van der Waals surface area contributed by atoms with E-state index < -0.39 is 0 Å². The van der Waals surface area contributed by atoms with Crippen LogP contribution in [0.3, 0.4) is 0 Å². The van der Waals surface area contributed by atoms with Crippen LogP contribution in [0.2, 0.25) is 0 Å². The van der Waals surface area contributed by atoms with Crippen molar-refractivity contribution in [3.63, 3.8) is 0 Å². The van der Waals surface area contributed by atoms with Crippen molar-refractivity contribution in [1.29, 1.82) is 0 Å². The average Bonchev–Trinajstić information content (AvgIpc) is 3.32. The Morgan fingerprint density at radius 1 is 1.00 bits per heavy atom. The number of carbonyl (C=O) groups is 1. The fraction of sp³-hybridized carbons (Fsp3) is 0.357. The standard InChI is InChI=1S/C28H31N3O5/c1-34-21-7-8-22-25(17-27(32)36-26(22)16-21)31-13-11-30(12-14-31)10-4-3-5-20-18-29-24-9-6-19(15-23(20)24)28(33)35-2/h6-9,15-18,29H,3-5,10-14H2,1-2H3. The van der Waals surface area contributed by atoms with Crippen LogP contribution in [-0.2, 0) is 11.2 Å². The molecular weight excluding hydrogens is 458 g/mol. The summed E-state index contributed by atoms with van der Waals surface area (Å²) in [7, 11) is 3.00. The summed E-state index contributed by atoms with van der Waals surface area (Å²) in [6, 6.07) is 12.8. The second-order valence-corrected chi connectivity index (χ2v) is 9.16. The molecule has 1 N–H and O–H groups in total. The van der Waals surface area contributed by atoms with Crippen molar-refractivity contribution in [3.05, 3.63) is 70.2 Å². The number of nitrogens with zero attached hydrogens (tertiary/aromatic N) is 2. The fourth-order valence-electron chi connectivity index (χ4n) is 5.01. The van der Waals surface area contributed by atoms with Gasteiger partial charge in [-0.1, -0.05) is 0 Å². The van der Waals surface area contributed by atoms with E-state index in [9.17, 15) is 9.59 Å². The number of anilines is 1. The van der Waals surface area contributed by atoms with Gasteiger partial charge >= 0.3 is 11.6 Å². The van der Waals surface area contributed by atoms with E-state index in [1.54, 1.807) is 25.3 Å². The number of aromatic amines is 1. The van der Waals surface area contributed by atoms with Crippen LogP contribution in [0.1, 0.15) is 28.8 Å². The lowest BCUT2D eigenvalue weighted by Gasteiger charge is -2.36. The van der Waals surface area contributed by atoms with Gasteiger partial charge in [0.1, 0.15) is 11.3 Å². The molecule has 0 saturated carbocycles. The maximum Gasteiger partial charge on any atom is 0.338 e. The quantitative estimate of drug-likeness (QED) is 0.225. The van der Waals surface area contributed by atoms with E-state index in [-0.39, 0.29) is 11.6 Å². The van der Waals surface area contributed by atoms with Gasteiger partial charge in [0.25, 0.3) is 0 Å². The van der Waals surface area contributed by atoms with Gasteiger partial charge < -0.3 is 23.8 Å². The van der Waals surface area contributed by atoms with E-state index in [4.69, 9.17) is 13.9 Å². The lowest BCUT2D eigenvalue weighted by Crippen LogP contribution is -2.46. The number of benzene rings is 2. The number of piperazine rings is 1. The third-order valence-electron chi connectivity index (χ3n) is 7.00. The summed E-state index contributed by atoms with van der Waals surface area (Å²) in [5.74, 6) is 0.358. The Hall–Kier alpha value is -3.78. The SMILES string of the molecule is COC(=O)c1ccc2[nH]cc(CCCCN3CCN(c4cc(=O)oc5cc(OC)ccc45)CC3)c2c1. The minimum absolute atomic E-state index is 0.313. The van der Waals surface area contributed by atoms with Crippen LogP contribution in [0.25, 0.3) is 21.9 Å². The molecule has 3 heterocycles. The van der Waals surface area contributed by atoms with Crippen molar-refractivity contribution >= 4 is 33.5 Å². The van der Waals surface area contributed by atoms with E-state index in [1.165, 1.54) is 12.7 Å². The smallest absolute Gasteiger partial charge is 0.338 e. The summed E-state index contributed by atoms with van der Waals surface area (Å²) < 4.78 is 15.5. The molecule has 8 heteroatoms. The van der Waals surface area contributed by atoms with Gasteiger partial charge in [0.05, 0.1) is 25.5 Å². The molecule has 1 fully saturated rings. The molecule has 188 valence electrons. The molecular formula is C28H31N3O5. The molecule has 5 rings (SSSR count). The van der Waals surface area contributed by atoms with Gasteiger partial charge in [-0.3, -0.25) is 4.90 Å². The first-order valence-electron chi connectivity index (χ1n) is 12.3. The highest BCUT2D eigenvalue weighted by atomic mass is 16.5. The first kappa shape index (κ1) is 23.9. The van der Waals surface area contributed by atoms with Crippen molar-refractivity contribution in [2.24, 2.45) is 0 Å². The Morgan fingerprint density at radius 2 is 1.83 bits per heavy atom. The van der Waals surface area contributed by atoms with E-state index in [0.29, 0.717) is 16.9 Å². The highest BCUT2D eigenvalue weighted by Gasteiger charge is 2.20. The molecule has 0 amide bonds. The Labute approximate surface area is 209 Å². The lowest BCUT2D eigenvalue weighted by atomic mass is 10.0. The maximum absolute atomic E-state index is 12.2. The monoisotopic (exact) mass is 489 g/mol. The fourth-order valence-corrected chi connectivity index (χ4v) is 5.01. The molecule has 1 aliphatic rings. The number of hydrogen-bond donors (Lipinski definition) is 1. The maximum atomic E-state index is 12.2. The Kier molecular flexibility index (Phi) is 6.95. The molecule has 8 nitrogen and oxygen atoms in total. The van der Waals surface area contributed by atoms with Crippen LogP contribution in [0.4, 0.5) is 5.69 Å². The molecule has 1 saturated heterocycles. The van der Waals surface area contributed by atoms with Crippen molar-refractivity contribution in [2.45, 2.75) is 19.3 Å². The predicted octanol–water partition coefficient (Wildman–Crippen LogP) is 4.21. The normalized spacial score (nSPS) is 14.4. The molecule has 0 aliphatic carbocycles. The van der Waals surface area contributed by atoms with Crippen LogP contribution in [0.5, 0.6) is 5.75 Å². The van der Waals surface area contributed by atoms with Gasteiger partial charge in [-0.15, -0.1) is 0 Å². The number of rotatable bonds is 8. The molecule has 36 heavy (non-hydrogen) atoms. The van der Waals surface area contributed by atoms with Crippen LogP contribution < -0.4 is 15.3 Å². The average molecular weight is 490 g/mol. The van der Waals surface area contributed by atoms with Crippen LogP contribution in [0, 0.1) is 0 Å². The van der Waals surface area contributed by atoms with Gasteiger partial charge in [0, 0.05) is 60.8 Å². The van der Waals surface area contributed by atoms with E-state index in [2.05, 4.69) is 14.8 Å². The van der Waals surface area contributed by atoms with Crippen molar-refractivity contribution in [3.8, 4) is 5.75 Å². The number of carbonyl (C=O) groups excluding carboxylic acids is 1. The molecule has 1 aliphatic heterocycles. The van der Waals surface area contributed by atoms with Crippen LogP contribution >= 0.6 is 0 Å². The highest BCUT2D eigenvalue weighted by molar-refractivity contribution is 5.95. The number of nitrogens with one attached hydrogen (secondary N) is 1. The number of H-pyrrole nitrogens is 1. The number of methoxy groups -OCH3 is 2.